The van der Waals surface area contributed by atoms with E-state index in [-0.39, 0.29) is 11.9 Å². The molecule has 1 amide bonds. The van der Waals surface area contributed by atoms with E-state index in [4.69, 9.17) is 9.47 Å². The number of ether oxygens (including phenoxy) is 2. The number of benzene rings is 2. The third-order valence-electron chi connectivity index (χ3n) is 6.70. The van der Waals surface area contributed by atoms with Crippen LogP contribution in [0.15, 0.2) is 48.5 Å². The van der Waals surface area contributed by atoms with Crippen LogP contribution in [0.3, 0.4) is 0 Å². The van der Waals surface area contributed by atoms with Gasteiger partial charge in [-0.2, -0.15) is 0 Å². The van der Waals surface area contributed by atoms with Crippen LogP contribution in [0.25, 0.3) is 10.9 Å². The minimum absolute atomic E-state index is 0.125. The highest BCUT2D eigenvalue weighted by molar-refractivity contribution is 6.09. The second kappa shape index (κ2) is 9.37. The summed E-state index contributed by atoms with van der Waals surface area (Å²) < 4.78 is 12.5. The van der Waals surface area contributed by atoms with E-state index in [9.17, 15) is 9.59 Å². The van der Waals surface area contributed by atoms with E-state index >= 15 is 0 Å². The fourth-order valence-corrected chi connectivity index (χ4v) is 4.88. The molecule has 2 aromatic carbocycles. The summed E-state index contributed by atoms with van der Waals surface area (Å²) in [6.45, 7) is 6.41. The molecule has 0 saturated carbocycles. The van der Waals surface area contributed by atoms with Gasteiger partial charge in [-0.05, 0) is 23.8 Å². The predicted molar refractivity (Wildman–Crippen MR) is 126 cm³/mol. The quantitative estimate of drug-likeness (QED) is 0.544. The van der Waals surface area contributed by atoms with Crippen molar-refractivity contribution in [3.8, 4) is 0 Å². The number of amides is 1. The van der Waals surface area contributed by atoms with Gasteiger partial charge < -0.3 is 18.9 Å². The molecule has 0 aliphatic carbocycles. The van der Waals surface area contributed by atoms with E-state index in [1.165, 1.54) is 7.11 Å². The van der Waals surface area contributed by atoms with Crippen LogP contribution in [0.2, 0.25) is 0 Å². The summed E-state index contributed by atoms with van der Waals surface area (Å²) in [5, 5.41) is 1.01. The number of carbonyl (C=O) groups is 2. The molecule has 33 heavy (non-hydrogen) atoms. The summed E-state index contributed by atoms with van der Waals surface area (Å²) in [5.41, 5.74) is 4.62. The van der Waals surface area contributed by atoms with Gasteiger partial charge in [-0.1, -0.05) is 30.3 Å². The molecule has 5 rings (SSSR count). The molecule has 1 aromatic heterocycles. The summed E-state index contributed by atoms with van der Waals surface area (Å²) in [4.78, 5) is 29.7. The molecule has 0 radical (unpaired) electrons. The highest BCUT2D eigenvalue weighted by atomic mass is 16.5. The minimum atomic E-state index is -0.340. The molecule has 1 fully saturated rings. The average Bonchev–Trinajstić information content (AvgIpc) is 3.18. The molecule has 3 heterocycles. The number of hydrogen-bond acceptors (Lipinski definition) is 5. The highest BCUT2D eigenvalue weighted by Crippen LogP contribution is 2.31. The van der Waals surface area contributed by atoms with Crippen molar-refractivity contribution >= 4 is 22.8 Å². The number of nitrogens with zero attached hydrogens (tertiary/aromatic N) is 3. The van der Waals surface area contributed by atoms with Gasteiger partial charge in [0, 0.05) is 62.3 Å². The molecule has 0 spiro atoms. The van der Waals surface area contributed by atoms with Gasteiger partial charge >= 0.3 is 5.97 Å². The van der Waals surface area contributed by atoms with Crippen LogP contribution >= 0.6 is 0 Å². The van der Waals surface area contributed by atoms with Gasteiger partial charge in [0.1, 0.15) is 0 Å². The maximum atomic E-state index is 13.5. The lowest BCUT2D eigenvalue weighted by atomic mass is 10.0. The topological polar surface area (TPSA) is 64.0 Å². The van der Waals surface area contributed by atoms with Crippen LogP contribution in [0, 0.1) is 0 Å². The van der Waals surface area contributed by atoms with E-state index in [2.05, 4.69) is 15.5 Å². The Hall–Kier alpha value is -3.16. The van der Waals surface area contributed by atoms with Crippen LogP contribution < -0.4 is 0 Å². The molecule has 2 aliphatic heterocycles. The van der Waals surface area contributed by atoms with Gasteiger partial charge in [0.2, 0.25) is 0 Å². The summed E-state index contributed by atoms with van der Waals surface area (Å²) in [6.07, 6.45) is 0.832. The molecule has 0 N–H and O–H groups in total. The Bertz CT molecular complexity index is 1160. The maximum Gasteiger partial charge on any atom is 0.337 e. The van der Waals surface area contributed by atoms with E-state index in [1.807, 2.05) is 35.2 Å². The van der Waals surface area contributed by atoms with E-state index < -0.39 is 0 Å². The fraction of sp³-hybridized carbons (Fsp3) is 0.385. The number of aromatic nitrogens is 1. The molecule has 0 bridgehead atoms. The fourth-order valence-electron chi connectivity index (χ4n) is 4.88. The molecule has 1 saturated heterocycles. The third kappa shape index (κ3) is 4.26. The van der Waals surface area contributed by atoms with E-state index in [1.54, 1.807) is 12.1 Å². The van der Waals surface area contributed by atoms with Crippen LogP contribution in [0.5, 0.6) is 0 Å². The number of rotatable bonds is 6. The van der Waals surface area contributed by atoms with Crippen LogP contribution in [0.1, 0.15) is 32.0 Å². The number of methoxy groups -OCH3 is 1. The lowest BCUT2D eigenvalue weighted by molar-refractivity contribution is 0.0322. The minimum Gasteiger partial charge on any atom is -0.465 e. The second-order valence-electron chi connectivity index (χ2n) is 8.61. The molecular formula is C26H29N3O4. The first-order valence-electron chi connectivity index (χ1n) is 11.5. The zero-order chi connectivity index (χ0) is 22.8. The van der Waals surface area contributed by atoms with Gasteiger partial charge in [-0.3, -0.25) is 9.69 Å². The maximum absolute atomic E-state index is 13.5. The molecule has 0 atom stereocenters. The first-order valence-corrected chi connectivity index (χ1v) is 11.5. The highest BCUT2D eigenvalue weighted by Gasteiger charge is 2.30. The average molecular weight is 448 g/mol. The zero-order valence-electron chi connectivity index (χ0n) is 19.0. The predicted octanol–water partition coefficient (Wildman–Crippen LogP) is 2.81. The number of carbonyl (C=O) groups excluding carboxylic acids is 2. The Kier molecular flexibility index (Phi) is 6.15. The van der Waals surface area contributed by atoms with Gasteiger partial charge in [0.25, 0.3) is 5.91 Å². The largest absolute Gasteiger partial charge is 0.465 e. The molecule has 3 aromatic rings. The lowest BCUT2D eigenvalue weighted by Crippen LogP contribution is -2.45. The smallest absolute Gasteiger partial charge is 0.337 e. The summed E-state index contributed by atoms with van der Waals surface area (Å²) in [5.74, 6) is -0.214. The van der Waals surface area contributed by atoms with Crippen LogP contribution in [0.4, 0.5) is 0 Å². The zero-order valence-corrected chi connectivity index (χ0v) is 19.0. The SMILES string of the molecule is COC(=O)c1ccc(Cn2c3c(c4ccccc42)C(=O)N(CCN2CCOCC2)CC3)cc1. The summed E-state index contributed by atoms with van der Waals surface area (Å²) >= 11 is 0. The first-order chi connectivity index (χ1) is 16.2. The van der Waals surface area contributed by atoms with Crippen molar-refractivity contribution < 1.29 is 19.1 Å². The second-order valence-corrected chi connectivity index (χ2v) is 8.61. The molecule has 172 valence electrons. The normalized spacial score (nSPS) is 16.8. The van der Waals surface area contributed by atoms with Crippen LogP contribution in [-0.4, -0.2) is 79.3 Å². The van der Waals surface area contributed by atoms with Crippen LogP contribution in [-0.2, 0) is 22.4 Å². The molecule has 0 unspecified atom stereocenters. The van der Waals surface area contributed by atoms with Gasteiger partial charge in [-0.25, -0.2) is 4.79 Å². The molecule has 7 nitrogen and oxygen atoms in total. The van der Waals surface area contributed by atoms with Crippen molar-refractivity contribution in [2.45, 2.75) is 13.0 Å². The number of esters is 1. The van der Waals surface area contributed by atoms with Crippen molar-refractivity contribution in [1.82, 2.24) is 14.4 Å². The number of hydrogen-bond donors (Lipinski definition) is 0. The van der Waals surface area contributed by atoms with Gasteiger partial charge in [0.05, 0.1) is 31.5 Å². The number of para-hydroxylation sites is 1. The van der Waals surface area contributed by atoms with E-state index in [0.717, 1.165) is 80.1 Å². The van der Waals surface area contributed by atoms with Crippen molar-refractivity contribution in [3.05, 3.63) is 70.9 Å². The first kappa shape index (κ1) is 21.7. The Balaban J connectivity index is 1.41. The number of morpholine rings is 1. The van der Waals surface area contributed by atoms with E-state index in [0.29, 0.717) is 12.1 Å². The molecule has 2 aliphatic rings. The van der Waals surface area contributed by atoms with Crippen molar-refractivity contribution in [1.29, 1.82) is 0 Å². The molecule has 7 heteroatoms. The van der Waals surface area contributed by atoms with Gasteiger partial charge in [0.15, 0.2) is 0 Å². The standard InChI is InChI=1S/C26H29N3O4/c1-32-26(31)20-8-6-19(7-9-20)18-29-22-5-3-2-4-21(22)24-23(29)10-11-28(25(24)30)13-12-27-14-16-33-17-15-27/h2-9H,10-18H2,1H3. The Morgan fingerprint density at radius 3 is 2.52 bits per heavy atom. The van der Waals surface area contributed by atoms with Crippen molar-refractivity contribution in [2.75, 3.05) is 53.0 Å². The van der Waals surface area contributed by atoms with Crippen molar-refractivity contribution in [3.63, 3.8) is 0 Å². The van der Waals surface area contributed by atoms with Crippen molar-refractivity contribution in [2.24, 2.45) is 0 Å². The summed E-state index contributed by atoms with van der Waals surface area (Å²) in [6, 6.07) is 15.6. The number of fused-ring (bicyclic) bond motifs is 3. The lowest BCUT2D eigenvalue weighted by Gasteiger charge is -2.32. The monoisotopic (exact) mass is 447 g/mol. The Morgan fingerprint density at radius 2 is 1.76 bits per heavy atom. The Labute approximate surface area is 193 Å². The summed E-state index contributed by atoms with van der Waals surface area (Å²) in [7, 11) is 1.38. The third-order valence-corrected chi connectivity index (χ3v) is 6.70. The Morgan fingerprint density at radius 1 is 1.00 bits per heavy atom. The van der Waals surface area contributed by atoms with Gasteiger partial charge in [-0.15, -0.1) is 0 Å². The molecular weight excluding hydrogens is 418 g/mol.